The summed E-state index contributed by atoms with van der Waals surface area (Å²) in [6, 6.07) is 6.72. The molecule has 0 heterocycles. The summed E-state index contributed by atoms with van der Waals surface area (Å²) in [4.78, 5) is 34.9. The van der Waals surface area contributed by atoms with Gasteiger partial charge >= 0.3 is 11.9 Å². The van der Waals surface area contributed by atoms with Crippen molar-refractivity contribution in [3.05, 3.63) is 47.5 Å². The van der Waals surface area contributed by atoms with Crippen LogP contribution in [-0.4, -0.2) is 31.6 Å². The minimum Gasteiger partial charge on any atom is -0.465 e. The number of rotatable bonds is 6. The lowest BCUT2D eigenvalue weighted by Gasteiger charge is -2.16. The van der Waals surface area contributed by atoms with E-state index in [4.69, 9.17) is 4.74 Å². The maximum atomic E-state index is 11.8. The van der Waals surface area contributed by atoms with E-state index in [9.17, 15) is 14.4 Å². The second kappa shape index (κ2) is 8.86. The lowest BCUT2D eigenvalue weighted by Crippen LogP contribution is -2.30. The molecule has 1 aromatic carbocycles. The third-order valence-corrected chi connectivity index (χ3v) is 3.81. The van der Waals surface area contributed by atoms with Crippen LogP contribution in [0.5, 0.6) is 0 Å². The maximum Gasteiger partial charge on any atom is 0.337 e. The lowest BCUT2D eigenvalue weighted by molar-refractivity contribution is -0.152. The molecule has 0 aromatic heterocycles. The Balaban J connectivity index is 1.71. The average molecular weight is 331 g/mol. The van der Waals surface area contributed by atoms with Gasteiger partial charge in [-0.15, -0.1) is 0 Å². The number of hydrogen-bond acceptors (Lipinski definition) is 5. The maximum absolute atomic E-state index is 11.8. The Bertz CT molecular complexity index is 621. The van der Waals surface area contributed by atoms with Crippen molar-refractivity contribution in [2.75, 3.05) is 13.7 Å². The zero-order chi connectivity index (χ0) is 17.4. The van der Waals surface area contributed by atoms with Crippen LogP contribution in [0.4, 0.5) is 0 Å². The molecular formula is C18H21NO5. The largest absolute Gasteiger partial charge is 0.465 e. The van der Waals surface area contributed by atoms with Crippen molar-refractivity contribution >= 4 is 17.8 Å². The topological polar surface area (TPSA) is 81.7 Å². The Labute approximate surface area is 140 Å². The minimum atomic E-state index is -0.407. The van der Waals surface area contributed by atoms with Crippen molar-refractivity contribution < 1.29 is 23.9 Å². The number of hydrogen-bond donors (Lipinski definition) is 1. The predicted octanol–water partition coefficient (Wildman–Crippen LogP) is 1.99. The monoisotopic (exact) mass is 331 g/mol. The van der Waals surface area contributed by atoms with E-state index in [-0.39, 0.29) is 24.4 Å². The Kier molecular flexibility index (Phi) is 6.54. The van der Waals surface area contributed by atoms with Crippen LogP contribution in [0.25, 0.3) is 0 Å². The van der Waals surface area contributed by atoms with Crippen LogP contribution >= 0.6 is 0 Å². The van der Waals surface area contributed by atoms with Gasteiger partial charge in [0.1, 0.15) is 0 Å². The molecule has 1 amide bonds. The van der Waals surface area contributed by atoms with Crippen molar-refractivity contribution in [2.45, 2.75) is 25.8 Å². The van der Waals surface area contributed by atoms with Gasteiger partial charge in [-0.2, -0.15) is 0 Å². The summed E-state index contributed by atoms with van der Waals surface area (Å²) in [5, 5.41) is 2.67. The summed E-state index contributed by atoms with van der Waals surface area (Å²) in [6.07, 6.45) is 6.32. The number of benzene rings is 1. The van der Waals surface area contributed by atoms with Gasteiger partial charge in [0.2, 0.25) is 0 Å². The second-order valence-electron chi connectivity index (χ2n) is 5.55. The minimum absolute atomic E-state index is 0.145. The molecule has 0 unspecified atom stereocenters. The van der Waals surface area contributed by atoms with Crippen LogP contribution in [0.3, 0.4) is 0 Å². The van der Waals surface area contributed by atoms with Gasteiger partial charge in [-0.1, -0.05) is 24.3 Å². The molecule has 0 radical (unpaired) electrons. The zero-order valence-electron chi connectivity index (χ0n) is 13.6. The highest BCUT2D eigenvalue weighted by atomic mass is 16.5. The summed E-state index contributed by atoms with van der Waals surface area (Å²) in [5.41, 5.74) is 1.28. The molecular weight excluding hydrogens is 310 g/mol. The number of allylic oxidation sites excluding steroid dienone is 2. The number of methoxy groups -OCH3 is 1. The first-order valence-electron chi connectivity index (χ1n) is 7.85. The van der Waals surface area contributed by atoms with Gasteiger partial charge in [-0.3, -0.25) is 9.59 Å². The molecule has 1 aliphatic rings. The van der Waals surface area contributed by atoms with Gasteiger partial charge in [0, 0.05) is 6.54 Å². The third-order valence-electron chi connectivity index (χ3n) is 3.81. The van der Waals surface area contributed by atoms with Gasteiger partial charge in [-0.05, 0) is 37.0 Å². The van der Waals surface area contributed by atoms with E-state index in [0.717, 1.165) is 18.4 Å². The van der Waals surface area contributed by atoms with Crippen LogP contribution in [0.2, 0.25) is 0 Å². The van der Waals surface area contributed by atoms with Gasteiger partial charge in [0.15, 0.2) is 6.61 Å². The Hall–Kier alpha value is -2.63. The second-order valence-corrected chi connectivity index (χ2v) is 5.55. The first-order valence-corrected chi connectivity index (χ1v) is 7.85. The molecule has 128 valence electrons. The molecule has 0 aliphatic heterocycles. The molecule has 1 N–H and O–H groups in total. The number of carbonyl (C=O) groups is 3. The highest BCUT2D eigenvalue weighted by molar-refractivity contribution is 5.89. The van der Waals surface area contributed by atoms with Crippen LogP contribution in [0.1, 0.15) is 35.2 Å². The molecule has 0 saturated heterocycles. The van der Waals surface area contributed by atoms with Crippen molar-refractivity contribution in [3.63, 3.8) is 0 Å². The summed E-state index contributed by atoms with van der Waals surface area (Å²) in [6.45, 7) is 0.0172. The van der Waals surface area contributed by atoms with E-state index in [2.05, 4.69) is 10.1 Å². The van der Waals surface area contributed by atoms with Crippen LogP contribution < -0.4 is 5.32 Å². The average Bonchev–Trinajstić information content (AvgIpc) is 2.64. The quantitative estimate of drug-likeness (QED) is 0.637. The van der Waals surface area contributed by atoms with Crippen molar-refractivity contribution in [1.29, 1.82) is 0 Å². The molecule has 24 heavy (non-hydrogen) atoms. The van der Waals surface area contributed by atoms with Gasteiger partial charge < -0.3 is 14.8 Å². The van der Waals surface area contributed by atoms with Crippen molar-refractivity contribution in [3.8, 4) is 0 Å². The molecule has 0 spiro atoms. The van der Waals surface area contributed by atoms with E-state index < -0.39 is 5.97 Å². The SMILES string of the molecule is COC(=O)c1ccc(CNC(=O)COC(=O)[C@@H]2CC=CCC2)cc1. The normalized spacial score (nSPS) is 16.3. The standard InChI is InChI=1S/C18H21NO5/c1-23-17(21)15-9-7-13(8-10-15)11-19-16(20)12-24-18(22)14-5-3-2-4-6-14/h2-3,7-10,14H,4-6,11-12H2,1H3,(H,19,20)/t14-/m1/s1. The highest BCUT2D eigenvalue weighted by Gasteiger charge is 2.20. The molecule has 1 atom stereocenters. The van der Waals surface area contributed by atoms with Crippen molar-refractivity contribution in [1.82, 2.24) is 5.32 Å². The Morgan fingerprint density at radius 1 is 1.17 bits per heavy atom. The summed E-state index contributed by atoms with van der Waals surface area (Å²) >= 11 is 0. The number of ether oxygens (including phenoxy) is 2. The van der Waals surface area contributed by atoms with E-state index in [0.29, 0.717) is 18.5 Å². The van der Waals surface area contributed by atoms with E-state index in [1.807, 2.05) is 12.2 Å². The molecule has 0 saturated carbocycles. The van der Waals surface area contributed by atoms with E-state index in [1.165, 1.54) is 7.11 Å². The summed E-state index contributed by atoms with van der Waals surface area (Å²) in [7, 11) is 1.32. The predicted molar refractivity (Wildman–Crippen MR) is 87.1 cm³/mol. The summed E-state index contributed by atoms with van der Waals surface area (Å²) < 4.78 is 9.67. The molecule has 1 aliphatic carbocycles. The van der Waals surface area contributed by atoms with Crippen LogP contribution in [0.15, 0.2) is 36.4 Å². The molecule has 0 fully saturated rings. The van der Waals surface area contributed by atoms with Crippen molar-refractivity contribution in [2.24, 2.45) is 5.92 Å². The molecule has 1 aromatic rings. The fourth-order valence-electron chi connectivity index (χ4n) is 2.39. The smallest absolute Gasteiger partial charge is 0.337 e. The number of esters is 2. The fraction of sp³-hybridized carbons (Fsp3) is 0.389. The molecule has 6 nitrogen and oxygen atoms in total. The van der Waals surface area contributed by atoms with E-state index >= 15 is 0 Å². The van der Waals surface area contributed by atoms with Gasteiger partial charge in [-0.25, -0.2) is 4.79 Å². The van der Waals surface area contributed by atoms with Crippen LogP contribution in [-0.2, 0) is 25.6 Å². The fourth-order valence-corrected chi connectivity index (χ4v) is 2.39. The lowest BCUT2D eigenvalue weighted by atomic mass is 9.95. The first kappa shape index (κ1) is 17.7. The summed E-state index contributed by atoms with van der Waals surface area (Å²) in [5.74, 6) is -1.23. The van der Waals surface area contributed by atoms with Crippen LogP contribution in [0, 0.1) is 5.92 Å². The van der Waals surface area contributed by atoms with Gasteiger partial charge in [0.05, 0.1) is 18.6 Å². The first-order chi connectivity index (χ1) is 11.6. The molecule has 6 heteroatoms. The Morgan fingerprint density at radius 3 is 2.54 bits per heavy atom. The van der Waals surface area contributed by atoms with E-state index in [1.54, 1.807) is 24.3 Å². The third kappa shape index (κ3) is 5.22. The molecule has 2 rings (SSSR count). The number of nitrogens with one attached hydrogen (secondary N) is 1. The highest BCUT2D eigenvalue weighted by Crippen LogP contribution is 2.19. The molecule has 0 bridgehead atoms. The van der Waals surface area contributed by atoms with Gasteiger partial charge in [0.25, 0.3) is 5.91 Å². The number of amides is 1. The Morgan fingerprint density at radius 2 is 1.92 bits per heavy atom. The zero-order valence-corrected chi connectivity index (χ0v) is 13.6. The number of carbonyl (C=O) groups excluding carboxylic acids is 3.